The van der Waals surface area contributed by atoms with E-state index in [-0.39, 0.29) is 0 Å². The third-order valence-electron chi connectivity index (χ3n) is 15.0. The van der Waals surface area contributed by atoms with Gasteiger partial charge in [-0.25, -0.2) is 0 Å². The fourth-order valence-electron chi connectivity index (χ4n) is 11.9. The first-order valence-corrected chi connectivity index (χ1v) is 24.2. The summed E-state index contributed by atoms with van der Waals surface area (Å²) in [5.74, 6) is 0. The molecule has 0 unspecified atom stereocenters. The number of hydrogen-bond acceptors (Lipinski definition) is 2. The van der Waals surface area contributed by atoms with Gasteiger partial charge in [0.2, 0.25) is 0 Å². The predicted octanol–water partition coefficient (Wildman–Crippen LogP) is 18.1. The van der Waals surface area contributed by atoms with Crippen LogP contribution in [-0.2, 0) is 0 Å². The number of furan rings is 2. The molecule has 0 saturated carbocycles. The Kier molecular flexibility index (Phi) is 7.82. The summed E-state index contributed by atoms with van der Waals surface area (Å²) in [6.07, 6.45) is 0. The summed E-state index contributed by atoms with van der Waals surface area (Å²) in [5.41, 5.74) is 18.3. The van der Waals surface area contributed by atoms with Crippen molar-refractivity contribution < 1.29 is 8.83 Å². The minimum Gasteiger partial charge on any atom is -0.456 e. The topological polar surface area (TPSA) is 41.1 Å². The smallest absolute Gasteiger partial charge is 0.135 e. The van der Waals surface area contributed by atoms with Gasteiger partial charge in [0.1, 0.15) is 22.3 Å². The van der Waals surface area contributed by atoms with E-state index < -0.39 is 0 Å². The van der Waals surface area contributed by atoms with Crippen molar-refractivity contribution >= 4 is 109 Å². The van der Waals surface area contributed by atoms with Gasteiger partial charge in [-0.05, 0) is 138 Å². The van der Waals surface area contributed by atoms with E-state index in [4.69, 9.17) is 8.83 Å². The quantitative estimate of drug-likeness (QED) is 0.173. The van der Waals surface area contributed by atoms with Crippen molar-refractivity contribution in [3.8, 4) is 39.3 Å². The van der Waals surface area contributed by atoms with Crippen LogP contribution in [0.15, 0.2) is 245 Å². The van der Waals surface area contributed by atoms with Crippen LogP contribution >= 0.6 is 0 Å². The number of benzene rings is 11. The van der Waals surface area contributed by atoms with Crippen molar-refractivity contribution in [3.63, 3.8) is 0 Å². The number of fused-ring (bicyclic) bond motifs is 15. The van der Waals surface area contributed by atoms with Crippen LogP contribution in [0.25, 0.3) is 149 Å². The van der Waals surface area contributed by atoms with E-state index >= 15 is 0 Å². The normalized spacial score (nSPS) is 12.2. The molecule has 5 nitrogen and oxygen atoms in total. The molecule has 0 amide bonds. The van der Waals surface area contributed by atoms with Crippen molar-refractivity contribution in [3.05, 3.63) is 237 Å². The third kappa shape index (κ3) is 5.51. The Labute approximate surface area is 405 Å². The van der Waals surface area contributed by atoms with E-state index in [9.17, 15) is 0 Å². The standard InChI is InChI=1S/C66H39N3O2/c1-2-14-42(15-3-1)67-61-25-13-8-20-49(61)52-38-50(40-26-30-63-53(34-40)55-36-43(28-32-65(55)70-63)68-57-21-9-4-16-45(57)46-17-5-10-22-58(46)68)51(39-62(52)67)41-27-31-64-54(35-41)56-37-44(29-33-66(56)71-64)69-59-23-11-6-18-47(59)48-19-7-12-24-60(48)69/h1-39H. The molecule has 5 heterocycles. The zero-order chi connectivity index (χ0) is 46.3. The maximum atomic E-state index is 6.63. The van der Waals surface area contributed by atoms with Gasteiger partial charge in [-0.15, -0.1) is 0 Å². The maximum absolute atomic E-state index is 6.63. The van der Waals surface area contributed by atoms with E-state index in [0.717, 1.165) is 88.7 Å². The van der Waals surface area contributed by atoms with Gasteiger partial charge in [0.15, 0.2) is 0 Å². The van der Waals surface area contributed by atoms with Crippen LogP contribution in [0.2, 0.25) is 0 Å². The predicted molar refractivity (Wildman–Crippen MR) is 295 cm³/mol. The van der Waals surface area contributed by atoms with Gasteiger partial charge in [0.05, 0.1) is 33.1 Å². The van der Waals surface area contributed by atoms with E-state index in [2.05, 4.69) is 250 Å². The Bertz CT molecular complexity index is 4780. The molecular formula is C66H39N3O2. The van der Waals surface area contributed by atoms with Gasteiger partial charge < -0.3 is 22.5 Å². The van der Waals surface area contributed by atoms with Crippen LogP contribution < -0.4 is 0 Å². The Morgan fingerprint density at radius 2 is 0.549 bits per heavy atom. The first-order chi connectivity index (χ1) is 35.2. The lowest BCUT2D eigenvalue weighted by Gasteiger charge is -2.14. The van der Waals surface area contributed by atoms with E-state index in [1.165, 1.54) is 59.9 Å². The van der Waals surface area contributed by atoms with E-state index in [1.54, 1.807) is 0 Å². The zero-order valence-corrected chi connectivity index (χ0v) is 38.2. The molecule has 16 aromatic rings. The summed E-state index contributed by atoms with van der Waals surface area (Å²) in [6.45, 7) is 0. The molecule has 0 aliphatic carbocycles. The summed E-state index contributed by atoms with van der Waals surface area (Å²) in [6, 6.07) is 85.6. The lowest BCUT2D eigenvalue weighted by atomic mass is 9.91. The largest absolute Gasteiger partial charge is 0.456 e. The number of para-hydroxylation sites is 6. The molecule has 0 radical (unpaired) electrons. The molecule has 0 aliphatic rings. The highest BCUT2D eigenvalue weighted by atomic mass is 16.3. The summed E-state index contributed by atoms with van der Waals surface area (Å²) in [7, 11) is 0. The number of rotatable bonds is 5. The maximum Gasteiger partial charge on any atom is 0.135 e. The molecule has 16 rings (SSSR count). The van der Waals surface area contributed by atoms with Crippen molar-refractivity contribution in [2.75, 3.05) is 0 Å². The Morgan fingerprint density at radius 3 is 0.986 bits per heavy atom. The van der Waals surface area contributed by atoms with Gasteiger partial charge in [0, 0.05) is 70.9 Å². The summed E-state index contributed by atoms with van der Waals surface area (Å²) in [4.78, 5) is 0. The van der Waals surface area contributed by atoms with Gasteiger partial charge in [-0.2, -0.15) is 0 Å². The molecule has 0 saturated heterocycles. The highest BCUT2D eigenvalue weighted by Gasteiger charge is 2.21. The van der Waals surface area contributed by atoms with Crippen molar-refractivity contribution in [2.24, 2.45) is 0 Å². The summed E-state index contributed by atoms with van der Waals surface area (Å²) in [5, 5.41) is 11.7. The average molecular weight is 906 g/mol. The summed E-state index contributed by atoms with van der Waals surface area (Å²) >= 11 is 0. The first kappa shape index (κ1) is 38.4. The second-order valence-electron chi connectivity index (χ2n) is 18.8. The Balaban J connectivity index is 0.935. The highest BCUT2D eigenvalue weighted by Crippen LogP contribution is 2.45. The highest BCUT2D eigenvalue weighted by molar-refractivity contribution is 6.16. The lowest BCUT2D eigenvalue weighted by molar-refractivity contribution is 0.668. The molecule has 0 spiro atoms. The van der Waals surface area contributed by atoms with Crippen LogP contribution in [0.5, 0.6) is 0 Å². The van der Waals surface area contributed by atoms with Crippen LogP contribution in [0, 0.1) is 0 Å². The molecule has 0 atom stereocenters. The summed E-state index contributed by atoms with van der Waals surface area (Å²) < 4.78 is 20.4. The average Bonchev–Trinajstić information content (AvgIpc) is 4.24. The Morgan fingerprint density at radius 1 is 0.211 bits per heavy atom. The van der Waals surface area contributed by atoms with Crippen LogP contribution in [0.4, 0.5) is 0 Å². The van der Waals surface area contributed by atoms with Gasteiger partial charge >= 0.3 is 0 Å². The molecule has 0 fully saturated rings. The first-order valence-electron chi connectivity index (χ1n) is 24.2. The minimum absolute atomic E-state index is 0.856. The number of aromatic nitrogens is 3. The van der Waals surface area contributed by atoms with Crippen LogP contribution in [0.1, 0.15) is 0 Å². The van der Waals surface area contributed by atoms with E-state index in [1.807, 2.05) is 0 Å². The molecule has 5 heteroatoms. The second kappa shape index (κ2) is 14.5. The monoisotopic (exact) mass is 905 g/mol. The lowest BCUT2D eigenvalue weighted by Crippen LogP contribution is -1.94. The number of nitrogens with zero attached hydrogens (tertiary/aromatic N) is 3. The molecule has 5 aromatic heterocycles. The van der Waals surface area contributed by atoms with E-state index in [0.29, 0.717) is 0 Å². The van der Waals surface area contributed by atoms with Crippen LogP contribution in [0.3, 0.4) is 0 Å². The fourth-order valence-corrected chi connectivity index (χ4v) is 11.9. The van der Waals surface area contributed by atoms with Gasteiger partial charge in [-0.1, -0.05) is 121 Å². The Hall–Kier alpha value is -9.58. The molecule has 11 aromatic carbocycles. The van der Waals surface area contributed by atoms with Crippen LogP contribution in [-0.4, -0.2) is 13.7 Å². The molecule has 71 heavy (non-hydrogen) atoms. The van der Waals surface area contributed by atoms with Gasteiger partial charge in [0.25, 0.3) is 0 Å². The third-order valence-corrected chi connectivity index (χ3v) is 15.0. The second-order valence-corrected chi connectivity index (χ2v) is 18.8. The minimum atomic E-state index is 0.856. The molecular weight excluding hydrogens is 867 g/mol. The molecule has 0 N–H and O–H groups in total. The van der Waals surface area contributed by atoms with Crippen molar-refractivity contribution in [1.29, 1.82) is 0 Å². The van der Waals surface area contributed by atoms with Gasteiger partial charge in [-0.3, -0.25) is 0 Å². The van der Waals surface area contributed by atoms with Crippen molar-refractivity contribution in [1.82, 2.24) is 13.7 Å². The number of hydrogen-bond donors (Lipinski definition) is 0. The molecule has 330 valence electrons. The molecule has 0 aliphatic heterocycles. The fraction of sp³-hybridized carbons (Fsp3) is 0. The zero-order valence-electron chi connectivity index (χ0n) is 38.2. The SMILES string of the molecule is c1ccc(-n2c3ccccc3c3cc(-c4ccc5oc6ccc(-n7c8ccccc8c8ccccc87)cc6c5c4)c(-c4ccc5oc6ccc(-n7c8ccccc8c8ccccc87)cc6c5c4)cc32)cc1. The van der Waals surface area contributed by atoms with Crippen molar-refractivity contribution in [2.45, 2.75) is 0 Å². The molecule has 0 bridgehead atoms.